The molecule has 6 heteroatoms. The van der Waals surface area contributed by atoms with Crippen LogP contribution in [0.5, 0.6) is 0 Å². The van der Waals surface area contributed by atoms with Gasteiger partial charge in [0, 0.05) is 38.6 Å². The Morgan fingerprint density at radius 2 is 1.83 bits per heavy atom. The largest absolute Gasteiger partial charge is 0.469 e. The number of ether oxygens (including phenoxy) is 2. The van der Waals surface area contributed by atoms with Gasteiger partial charge >= 0.3 is 5.97 Å². The van der Waals surface area contributed by atoms with E-state index in [0.29, 0.717) is 13.1 Å². The first kappa shape index (κ1) is 20.9. The van der Waals surface area contributed by atoms with E-state index in [1.54, 1.807) is 0 Å². The molecule has 0 aromatic heterocycles. The van der Waals surface area contributed by atoms with Crippen LogP contribution < -0.4 is 0 Å². The van der Waals surface area contributed by atoms with Crippen LogP contribution in [-0.2, 0) is 19.1 Å². The first-order valence-corrected chi connectivity index (χ1v) is 9.20. The van der Waals surface area contributed by atoms with Crippen molar-refractivity contribution in [1.82, 2.24) is 9.80 Å². The van der Waals surface area contributed by atoms with Crippen molar-refractivity contribution >= 4 is 11.9 Å². The third-order valence-electron chi connectivity index (χ3n) is 4.75. The summed E-state index contributed by atoms with van der Waals surface area (Å²) in [5.41, 5.74) is 0. The Kier molecular flexibility index (Phi) is 9.95. The quantitative estimate of drug-likeness (QED) is 0.567. The highest BCUT2D eigenvalue weighted by Crippen LogP contribution is 2.15. The number of hydrogen-bond acceptors (Lipinski definition) is 5. The number of esters is 1. The van der Waals surface area contributed by atoms with Crippen molar-refractivity contribution < 1.29 is 19.1 Å². The van der Waals surface area contributed by atoms with Gasteiger partial charge in [-0.1, -0.05) is 20.8 Å². The molecular weight excluding hydrogens is 308 g/mol. The van der Waals surface area contributed by atoms with Gasteiger partial charge in [-0.2, -0.15) is 0 Å². The highest BCUT2D eigenvalue weighted by Gasteiger charge is 2.25. The van der Waals surface area contributed by atoms with Gasteiger partial charge in [-0.3, -0.25) is 14.5 Å². The molecule has 1 unspecified atom stereocenters. The lowest BCUT2D eigenvalue weighted by atomic mass is 10.0. The highest BCUT2D eigenvalue weighted by atomic mass is 16.5. The summed E-state index contributed by atoms with van der Waals surface area (Å²) in [6.07, 6.45) is 2.59. The van der Waals surface area contributed by atoms with E-state index in [2.05, 4.69) is 4.90 Å². The lowest BCUT2D eigenvalue weighted by molar-refractivity contribution is -0.147. The van der Waals surface area contributed by atoms with Crippen molar-refractivity contribution in [3.8, 4) is 0 Å². The predicted molar refractivity (Wildman–Crippen MR) is 93.7 cm³/mol. The fraction of sp³-hybridized carbons (Fsp3) is 0.889. The maximum absolute atomic E-state index is 12.8. The van der Waals surface area contributed by atoms with Crippen molar-refractivity contribution in [3.63, 3.8) is 0 Å². The summed E-state index contributed by atoms with van der Waals surface area (Å²) >= 11 is 0. The average Bonchev–Trinajstić information content (AvgIpc) is 2.61. The average molecular weight is 342 g/mol. The zero-order valence-electron chi connectivity index (χ0n) is 15.8. The van der Waals surface area contributed by atoms with Crippen molar-refractivity contribution in [2.24, 2.45) is 11.8 Å². The Balaban J connectivity index is 2.58. The van der Waals surface area contributed by atoms with Gasteiger partial charge < -0.3 is 14.4 Å². The van der Waals surface area contributed by atoms with E-state index < -0.39 is 0 Å². The Morgan fingerprint density at radius 3 is 2.38 bits per heavy atom. The third kappa shape index (κ3) is 6.77. The molecule has 24 heavy (non-hydrogen) atoms. The van der Waals surface area contributed by atoms with Crippen molar-refractivity contribution in [1.29, 1.82) is 0 Å². The molecule has 0 radical (unpaired) electrons. The van der Waals surface area contributed by atoms with E-state index in [-0.39, 0.29) is 23.7 Å². The summed E-state index contributed by atoms with van der Waals surface area (Å²) in [5, 5.41) is 0. The van der Waals surface area contributed by atoms with Gasteiger partial charge in [0.05, 0.1) is 26.2 Å². The van der Waals surface area contributed by atoms with Crippen LogP contribution in [0.1, 0.15) is 40.0 Å². The first-order valence-electron chi connectivity index (χ1n) is 9.20. The van der Waals surface area contributed by atoms with Crippen LogP contribution in [0, 0.1) is 11.8 Å². The number of amides is 1. The molecule has 0 bridgehead atoms. The van der Waals surface area contributed by atoms with E-state index in [4.69, 9.17) is 9.47 Å². The van der Waals surface area contributed by atoms with E-state index in [9.17, 15) is 9.59 Å². The minimum absolute atomic E-state index is 0.0400. The standard InChI is InChI=1S/C18H34N2O4/c1-5-16(6-2)17(21)20(14-15(3)18(22)23-4)9-7-8-19-10-12-24-13-11-19/h15-16H,5-14H2,1-4H3. The van der Waals surface area contributed by atoms with Crippen LogP contribution in [-0.4, -0.2) is 74.7 Å². The number of hydrogen-bond donors (Lipinski definition) is 0. The summed E-state index contributed by atoms with van der Waals surface area (Å²) in [4.78, 5) is 28.7. The first-order chi connectivity index (χ1) is 11.5. The Morgan fingerprint density at radius 1 is 1.21 bits per heavy atom. The molecular formula is C18H34N2O4. The minimum Gasteiger partial charge on any atom is -0.469 e. The van der Waals surface area contributed by atoms with Crippen LogP contribution in [0.15, 0.2) is 0 Å². The molecule has 0 spiro atoms. The molecule has 6 nitrogen and oxygen atoms in total. The summed E-state index contributed by atoms with van der Waals surface area (Å²) in [6.45, 7) is 11.5. The normalized spacial score (nSPS) is 16.9. The lowest BCUT2D eigenvalue weighted by Gasteiger charge is -2.30. The smallest absolute Gasteiger partial charge is 0.310 e. The molecule has 1 aliphatic heterocycles. The molecule has 1 amide bonds. The van der Waals surface area contributed by atoms with Gasteiger partial charge in [0.15, 0.2) is 0 Å². The number of rotatable bonds is 10. The molecule has 140 valence electrons. The number of morpholine rings is 1. The van der Waals surface area contributed by atoms with Crippen LogP contribution in [0.4, 0.5) is 0 Å². The van der Waals surface area contributed by atoms with Crippen LogP contribution in [0.3, 0.4) is 0 Å². The molecule has 0 N–H and O–H groups in total. The third-order valence-corrected chi connectivity index (χ3v) is 4.75. The van der Waals surface area contributed by atoms with Gasteiger partial charge in [-0.05, 0) is 19.3 Å². The lowest BCUT2D eigenvalue weighted by Crippen LogP contribution is -2.43. The zero-order chi connectivity index (χ0) is 17.9. The number of nitrogens with zero attached hydrogens (tertiary/aromatic N) is 2. The Bertz CT molecular complexity index is 379. The predicted octanol–water partition coefficient (Wildman–Crippen LogP) is 1.78. The number of carbonyl (C=O) groups excluding carboxylic acids is 2. The molecule has 0 aromatic rings. The van der Waals surface area contributed by atoms with Gasteiger partial charge in [0.1, 0.15) is 0 Å². The summed E-state index contributed by atoms with van der Waals surface area (Å²) in [7, 11) is 1.39. The topological polar surface area (TPSA) is 59.1 Å². The van der Waals surface area contributed by atoms with Crippen LogP contribution >= 0.6 is 0 Å². The van der Waals surface area contributed by atoms with Crippen LogP contribution in [0.25, 0.3) is 0 Å². The maximum Gasteiger partial charge on any atom is 0.310 e. The summed E-state index contributed by atoms with van der Waals surface area (Å²) in [5.74, 6) is -0.349. The van der Waals surface area contributed by atoms with Gasteiger partial charge in [-0.25, -0.2) is 0 Å². The molecule has 0 aliphatic carbocycles. The van der Waals surface area contributed by atoms with Gasteiger partial charge in [-0.15, -0.1) is 0 Å². The molecule has 1 atom stereocenters. The summed E-state index contributed by atoms with van der Waals surface area (Å²) < 4.78 is 10.2. The molecule has 1 aliphatic rings. The highest BCUT2D eigenvalue weighted by molar-refractivity contribution is 5.80. The van der Waals surface area contributed by atoms with Crippen LogP contribution in [0.2, 0.25) is 0 Å². The van der Waals surface area contributed by atoms with Gasteiger partial charge in [0.25, 0.3) is 0 Å². The van der Waals surface area contributed by atoms with E-state index in [1.807, 2.05) is 25.7 Å². The van der Waals surface area contributed by atoms with Crippen molar-refractivity contribution in [2.75, 3.05) is 53.0 Å². The zero-order valence-corrected chi connectivity index (χ0v) is 15.8. The van der Waals surface area contributed by atoms with Gasteiger partial charge in [0.2, 0.25) is 5.91 Å². The number of methoxy groups -OCH3 is 1. The second-order valence-corrected chi connectivity index (χ2v) is 6.53. The SMILES string of the molecule is CCC(CC)C(=O)N(CCCN1CCOCC1)CC(C)C(=O)OC. The fourth-order valence-electron chi connectivity index (χ4n) is 3.10. The fourth-order valence-corrected chi connectivity index (χ4v) is 3.10. The van der Waals surface area contributed by atoms with E-state index in [0.717, 1.165) is 52.1 Å². The second-order valence-electron chi connectivity index (χ2n) is 6.53. The minimum atomic E-state index is -0.295. The Labute approximate surface area is 146 Å². The number of carbonyl (C=O) groups is 2. The van der Waals surface area contributed by atoms with E-state index >= 15 is 0 Å². The molecule has 1 saturated heterocycles. The monoisotopic (exact) mass is 342 g/mol. The summed E-state index contributed by atoms with van der Waals surface area (Å²) in [6, 6.07) is 0. The van der Waals surface area contributed by atoms with E-state index in [1.165, 1.54) is 7.11 Å². The van der Waals surface area contributed by atoms with Crippen molar-refractivity contribution in [3.05, 3.63) is 0 Å². The molecule has 0 saturated carbocycles. The molecule has 1 heterocycles. The van der Waals surface area contributed by atoms with Crippen molar-refractivity contribution in [2.45, 2.75) is 40.0 Å². The molecule has 1 fully saturated rings. The molecule has 0 aromatic carbocycles. The molecule has 1 rings (SSSR count). The Hall–Kier alpha value is -1.14. The second kappa shape index (κ2) is 11.4. The maximum atomic E-state index is 12.8.